The van der Waals surface area contributed by atoms with Gasteiger partial charge in [-0.3, -0.25) is 4.90 Å². The highest BCUT2D eigenvalue weighted by atomic mass is 16.3. The van der Waals surface area contributed by atoms with Gasteiger partial charge in [0.2, 0.25) is 0 Å². The van der Waals surface area contributed by atoms with Crippen molar-refractivity contribution in [3.63, 3.8) is 0 Å². The SMILES string of the molecule is CC1CC(O)c2ncnc(N3CCN(C(C)(C)C)CC3)c21. The lowest BCUT2D eigenvalue weighted by atomic mass is 10.0. The maximum atomic E-state index is 10.1. The Labute approximate surface area is 127 Å². The van der Waals surface area contributed by atoms with Gasteiger partial charge in [-0.05, 0) is 33.1 Å². The van der Waals surface area contributed by atoms with Crippen LogP contribution in [0.15, 0.2) is 6.33 Å². The molecule has 1 fully saturated rings. The monoisotopic (exact) mass is 290 g/mol. The highest BCUT2D eigenvalue weighted by Crippen LogP contribution is 2.42. The Morgan fingerprint density at radius 2 is 1.81 bits per heavy atom. The van der Waals surface area contributed by atoms with E-state index in [-0.39, 0.29) is 5.54 Å². The molecule has 1 saturated heterocycles. The van der Waals surface area contributed by atoms with Crippen molar-refractivity contribution in [2.45, 2.75) is 51.7 Å². The van der Waals surface area contributed by atoms with E-state index in [1.807, 2.05) is 0 Å². The number of anilines is 1. The summed E-state index contributed by atoms with van der Waals surface area (Å²) in [6, 6.07) is 0. The van der Waals surface area contributed by atoms with Crippen LogP contribution in [0.5, 0.6) is 0 Å². The predicted octanol–water partition coefficient (Wildman–Crippen LogP) is 1.94. The van der Waals surface area contributed by atoms with Crippen LogP contribution in [0.3, 0.4) is 0 Å². The van der Waals surface area contributed by atoms with Crippen LogP contribution < -0.4 is 4.90 Å². The van der Waals surface area contributed by atoms with Crippen molar-refractivity contribution in [3.05, 3.63) is 17.6 Å². The number of aromatic nitrogens is 2. The summed E-state index contributed by atoms with van der Waals surface area (Å²) >= 11 is 0. The van der Waals surface area contributed by atoms with Crippen LogP contribution in [0, 0.1) is 0 Å². The normalized spacial score (nSPS) is 27.0. The van der Waals surface area contributed by atoms with E-state index >= 15 is 0 Å². The fourth-order valence-electron chi connectivity index (χ4n) is 3.54. The van der Waals surface area contributed by atoms with Crippen LogP contribution in [-0.2, 0) is 0 Å². The fourth-order valence-corrected chi connectivity index (χ4v) is 3.54. The molecule has 0 amide bonds. The molecule has 2 heterocycles. The van der Waals surface area contributed by atoms with Gasteiger partial charge >= 0.3 is 0 Å². The summed E-state index contributed by atoms with van der Waals surface area (Å²) in [4.78, 5) is 13.7. The summed E-state index contributed by atoms with van der Waals surface area (Å²) in [7, 11) is 0. The quantitative estimate of drug-likeness (QED) is 0.856. The number of fused-ring (bicyclic) bond motifs is 1. The largest absolute Gasteiger partial charge is 0.387 e. The topological polar surface area (TPSA) is 52.5 Å². The third kappa shape index (κ3) is 2.64. The molecule has 1 aromatic rings. The number of rotatable bonds is 1. The molecule has 116 valence electrons. The molecule has 2 aliphatic rings. The standard InChI is InChI=1S/C16H26N4O/c1-11-9-12(21)14-13(11)15(18-10-17-14)19-5-7-20(8-6-19)16(2,3)4/h10-12,21H,5-9H2,1-4H3. The summed E-state index contributed by atoms with van der Waals surface area (Å²) < 4.78 is 0. The predicted molar refractivity (Wildman–Crippen MR) is 83.6 cm³/mol. The molecule has 3 rings (SSSR count). The van der Waals surface area contributed by atoms with Gasteiger partial charge in [-0.2, -0.15) is 0 Å². The molecule has 2 unspecified atom stereocenters. The lowest BCUT2D eigenvalue weighted by Gasteiger charge is -2.43. The van der Waals surface area contributed by atoms with Gasteiger partial charge in [0.25, 0.3) is 0 Å². The number of nitrogens with zero attached hydrogens (tertiary/aromatic N) is 4. The van der Waals surface area contributed by atoms with Gasteiger partial charge in [-0.25, -0.2) is 9.97 Å². The van der Waals surface area contributed by atoms with Crippen molar-refractivity contribution in [1.82, 2.24) is 14.9 Å². The molecule has 0 radical (unpaired) electrons. The average molecular weight is 290 g/mol. The second-order valence-electron chi connectivity index (χ2n) is 7.29. The Balaban J connectivity index is 1.81. The number of hydrogen-bond donors (Lipinski definition) is 1. The third-order valence-corrected chi connectivity index (χ3v) is 4.81. The molecule has 5 heteroatoms. The Morgan fingerprint density at radius 3 is 2.43 bits per heavy atom. The molecule has 0 aromatic carbocycles. The van der Waals surface area contributed by atoms with Gasteiger partial charge in [-0.1, -0.05) is 6.92 Å². The second kappa shape index (κ2) is 5.21. The molecule has 2 atom stereocenters. The van der Waals surface area contributed by atoms with E-state index in [0.29, 0.717) is 5.92 Å². The zero-order valence-corrected chi connectivity index (χ0v) is 13.5. The van der Waals surface area contributed by atoms with Crippen LogP contribution in [0.25, 0.3) is 0 Å². The van der Waals surface area contributed by atoms with Crippen LogP contribution in [0.4, 0.5) is 5.82 Å². The first-order valence-corrected chi connectivity index (χ1v) is 7.91. The molecule has 1 aliphatic heterocycles. The Kier molecular flexibility index (Phi) is 3.66. The first-order valence-electron chi connectivity index (χ1n) is 7.91. The minimum Gasteiger partial charge on any atom is -0.387 e. The van der Waals surface area contributed by atoms with Crippen LogP contribution >= 0.6 is 0 Å². The van der Waals surface area contributed by atoms with Gasteiger partial charge < -0.3 is 10.0 Å². The van der Waals surface area contributed by atoms with Crippen molar-refractivity contribution in [3.8, 4) is 0 Å². The third-order valence-electron chi connectivity index (χ3n) is 4.81. The van der Waals surface area contributed by atoms with Gasteiger partial charge in [0.05, 0.1) is 11.8 Å². The van der Waals surface area contributed by atoms with Gasteiger partial charge in [0.1, 0.15) is 12.1 Å². The average Bonchev–Trinajstić information content (AvgIpc) is 2.73. The van der Waals surface area contributed by atoms with E-state index < -0.39 is 6.10 Å². The summed E-state index contributed by atoms with van der Waals surface area (Å²) in [5.74, 6) is 1.38. The first-order chi connectivity index (χ1) is 9.88. The minimum absolute atomic E-state index is 0.225. The molecule has 21 heavy (non-hydrogen) atoms. The molecule has 0 bridgehead atoms. The maximum Gasteiger partial charge on any atom is 0.135 e. The highest BCUT2D eigenvalue weighted by molar-refractivity contribution is 5.53. The van der Waals surface area contributed by atoms with Crippen LogP contribution in [-0.4, -0.2) is 51.7 Å². The zero-order valence-electron chi connectivity index (χ0n) is 13.5. The van der Waals surface area contributed by atoms with E-state index in [2.05, 4.69) is 47.5 Å². The van der Waals surface area contributed by atoms with Crippen molar-refractivity contribution < 1.29 is 5.11 Å². The fraction of sp³-hybridized carbons (Fsp3) is 0.750. The smallest absolute Gasteiger partial charge is 0.135 e. The van der Waals surface area contributed by atoms with Gasteiger partial charge in [0.15, 0.2) is 0 Å². The molecular weight excluding hydrogens is 264 g/mol. The van der Waals surface area contributed by atoms with E-state index in [1.165, 1.54) is 0 Å². The molecule has 1 N–H and O–H groups in total. The van der Waals surface area contributed by atoms with Crippen LogP contribution in [0.1, 0.15) is 57.4 Å². The molecule has 1 aromatic heterocycles. The van der Waals surface area contributed by atoms with Crippen LogP contribution in [0.2, 0.25) is 0 Å². The summed E-state index contributed by atoms with van der Waals surface area (Å²) in [5, 5.41) is 10.1. The Hall–Kier alpha value is -1.20. The number of aliphatic hydroxyl groups excluding tert-OH is 1. The zero-order chi connectivity index (χ0) is 15.2. The van der Waals surface area contributed by atoms with Crippen molar-refractivity contribution in [2.75, 3.05) is 31.1 Å². The minimum atomic E-state index is -0.424. The van der Waals surface area contributed by atoms with E-state index in [1.54, 1.807) is 6.33 Å². The number of piperazine rings is 1. The first kappa shape index (κ1) is 14.7. The van der Waals surface area contributed by atoms with Crippen molar-refractivity contribution in [1.29, 1.82) is 0 Å². The lowest BCUT2D eigenvalue weighted by molar-refractivity contribution is 0.128. The number of hydrogen-bond acceptors (Lipinski definition) is 5. The van der Waals surface area contributed by atoms with Crippen molar-refractivity contribution >= 4 is 5.82 Å². The molecule has 1 aliphatic carbocycles. The van der Waals surface area contributed by atoms with Gasteiger partial charge in [0, 0.05) is 37.3 Å². The highest BCUT2D eigenvalue weighted by Gasteiger charge is 2.34. The molecule has 0 saturated carbocycles. The summed E-state index contributed by atoms with van der Waals surface area (Å²) in [6.07, 6.45) is 1.95. The number of aliphatic hydroxyl groups is 1. The Bertz CT molecular complexity index is 517. The molecule has 5 nitrogen and oxygen atoms in total. The van der Waals surface area contributed by atoms with Gasteiger partial charge in [-0.15, -0.1) is 0 Å². The van der Waals surface area contributed by atoms with E-state index in [0.717, 1.165) is 49.7 Å². The maximum absolute atomic E-state index is 10.1. The Morgan fingerprint density at radius 1 is 1.14 bits per heavy atom. The second-order valence-corrected chi connectivity index (χ2v) is 7.29. The van der Waals surface area contributed by atoms with E-state index in [9.17, 15) is 5.11 Å². The lowest BCUT2D eigenvalue weighted by Crippen LogP contribution is -2.53. The van der Waals surface area contributed by atoms with Crippen molar-refractivity contribution in [2.24, 2.45) is 0 Å². The summed E-state index contributed by atoms with van der Waals surface area (Å²) in [6.45, 7) is 13.1. The van der Waals surface area contributed by atoms with E-state index in [4.69, 9.17) is 0 Å². The summed E-state index contributed by atoms with van der Waals surface area (Å²) in [5.41, 5.74) is 2.23. The molecule has 0 spiro atoms. The molecular formula is C16H26N4O.